The van der Waals surface area contributed by atoms with Crippen molar-refractivity contribution in [3.05, 3.63) is 24.8 Å². The summed E-state index contributed by atoms with van der Waals surface area (Å²) >= 11 is 0. The molecular weight excluding hydrogens is 190 g/mol. The highest BCUT2D eigenvalue weighted by molar-refractivity contribution is 6.11. The van der Waals surface area contributed by atoms with Crippen molar-refractivity contribution in [3.63, 3.8) is 0 Å². The first kappa shape index (κ1) is 8.89. The standard InChI is InChI=1S/C12H13NO2/c1-2-4-11-6-8-3-5-12(11,7-8)10(15)13-9(11)14/h2-3,5,8H,1,4,6-7H2,(H,13,14,15). The van der Waals surface area contributed by atoms with Crippen LogP contribution >= 0.6 is 0 Å². The molecule has 78 valence electrons. The molecule has 3 unspecified atom stereocenters. The number of hydrogen-bond donors (Lipinski definition) is 1. The fourth-order valence-electron chi connectivity index (χ4n) is 3.59. The second-order valence-electron chi connectivity index (χ2n) is 4.86. The van der Waals surface area contributed by atoms with Crippen molar-refractivity contribution >= 4 is 11.8 Å². The molecule has 3 atom stereocenters. The van der Waals surface area contributed by atoms with E-state index in [2.05, 4.69) is 18.0 Å². The predicted molar refractivity (Wildman–Crippen MR) is 54.7 cm³/mol. The van der Waals surface area contributed by atoms with Crippen LogP contribution in [0.5, 0.6) is 0 Å². The maximum absolute atomic E-state index is 11.9. The minimum absolute atomic E-state index is 0.0979. The molecule has 1 N–H and O–H groups in total. The summed E-state index contributed by atoms with van der Waals surface area (Å²) in [6.07, 6.45) is 8.00. The summed E-state index contributed by atoms with van der Waals surface area (Å²) in [5.74, 6) is 0.199. The van der Waals surface area contributed by atoms with E-state index in [0.29, 0.717) is 12.3 Å². The molecule has 15 heavy (non-hydrogen) atoms. The van der Waals surface area contributed by atoms with Crippen LogP contribution in [0.2, 0.25) is 0 Å². The van der Waals surface area contributed by atoms with Gasteiger partial charge in [0.15, 0.2) is 0 Å². The van der Waals surface area contributed by atoms with Crippen LogP contribution in [0.15, 0.2) is 24.8 Å². The van der Waals surface area contributed by atoms with Gasteiger partial charge < -0.3 is 0 Å². The lowest BCUT2D eigenvalue weighted by molar-refractivity contribution is -0.129. The molecule has 2 fully saturated rings. The van der Waals surface area contributed by atoms with Gasteiger partial charge in [-0.3, -0.25) is 14.9 Å². The van der Waals surface area contributed by atoms with Gasteiger partial charge in [-0.05, 0) is 25.2 Å². The molecule has 3 aliphatic rings. The highest BCUT2D eigenvalue weighted by Gasteiger charge is 2.70. The van der Waals surface area contributed by atoms with E-state index in [1.165, 1.54) is 0 Å². The first-order valence-electron chi connectivity index (χ1n) is 5.31. The normalized spacial score (nSPS) is 45.7. The average Bonchev–Trinajstić information content (AvgIpc) is 2.79. The maximum atomic E-state index is 11.9. The zero-order valence-corrected chi connectivity index (χ0v) is 8.45. The second kappa shape index (κ2) is 2.40. The van der Waals surface area contributed by atoms with Gasteiger partial charge in [-0.25, -0.2) is 0 Å². The minimum atomic E-state index is -0.553. The van der Waals surface area contributed by atoms with Crippen LogP contribution < -0.4 is 5.32 Å². The Morgan fingerprint density at radius 1 is 1.47 bits per heavy atom. The molecule has 1 saturated heterocycles. The van der Waals surface area contributed by atoms with Gasteiger partial charge in [0.2, 0.25) is 11.8 Å². The Kier molecular flexibility index (Phi) is 1.43. The maximum Gasteiger partial charge on any atom is 0.237 e. The Labute approximate surface area is 88.2 Å². The second-order valence-corrected chi connectivity index (χ2v) is 4.86. The predicted octanol–water partition coefficient (Wildman–Crippen LogP) is 1.17. The number of imide groups is 1. The molecule has 3 heteroatoms. The van der Waals surface area contributed by atoms with Gasteiger partial charge in [0.1, 0.15) is 0 Å². The van der Waals surface area contributed by atoms with Crippen molar-refractivity contribution in [1.82, 2.24) is 5.32 Å². The van der Waals surface area contributed by atoms with Gasteiger partial charge in [-0.15, -0.1) is 6.58 Å². The molecule has 2 amide bonds. The van der Waals surface area contributed by atoms with Crippen LogP contribution in [0.25, 0.3) is 0 Å². The third-order valence-corrected chi connectivity index (χ3v) is 4.26. The SMILES string of the molecule is C=CCC12CC3C=CC1(C3)C(=O)NC2=O. The van der Waals surface area contributed by atoms with E-state index >= 15 is 0 Å². The molecule has 0 aromatic carbocycles. The summed E-state index contributed by atoms with van der Waals surface area (Å²) < 4.78 is 0. The molecule has 1 spiro atoms. The fourth-order valence-corrected chi connectivity index (χ4v) is 3.59. The van der Waals surface area contributed by atoms with E-state index < -0.39 is 10.8 Å². The number of amides is 2. The smallest absolute Gasteiger partial charge is 0.237 e. The highest BCUT2D eigenvalue weighted by Crippen LogP contribution is 2.65. The molecular formula is C12H13NO2. The summed E-state index contributed by atoms with van der Waals surface area (Å²) in [4.78, 5) is 23.9. The fraction of sp³-hybridized carbons (Fsp3) is 0.500. The third-order valence-electron chi connectivity index (χ3n) is 4.26. The van der Waals surface area contributed by atoms with Crippen molar-refractivity contribution in [2.24, 2.45) is 16.7 Å². The lowest BCUT2D eigenvalue weighted by atomic mass is 9.65. The monoisotopic (exact) mass is 203 g/mol. The Balaban J connectivity index is 2.18. The van der Waals surface area contributed by atoms with Crippen molar-refractivity contribution in [3.8, 4) is 0 Å². The van der Waals surface area contributed by atoms with Crippen molar-refractivity contribution in [2.45, 2.75) is 19.3 Å². The molecule has 3 nitrogen and oxygen atoms in total. The zero-order valence-electron chi connectivity index (χ0n) is 8.45. The Bertz CT molecular complexity index is 412. The van der Waals surface area contributed by atoms with Crippen LogP contribution in [0.1, 0.15) is 19.3 Å². The van der Waals surface area contributed by atoms with Gasteiger partial charge in [0, 0.05) is 0 Å². The number of rotatable bonds is 2. The highest BCUT2D eigenvalue weighted by atomic mass is 16.2. The Hall–Kier alpha value is -1.38. The summed E-state index contributed by atoms with van der Waals surface area (Å²) in [6.45, 7) is 3.70. The summed E-state index contributed by atoms with van der Waals surface area (Å²) in [7, 11) is 0. The number of carbonyl (C=O) groups excluding carboxylic acids is 2. The van der Waals surface area contributed by atoms with Crippen LogP contribution in [0.4, 0.5) is 0 Å². The number of fused-ring (bicyclic) bond motifs is 1. The minimum Gasteiger partial charge on any atom is -0.295 e. The van der Waals surface area contributed by atoms with E-state index in [1.54, 1.807) is 6.08 Å². The Morgan fingerprint density at radius 2 is 2.27 bits per heavy atom. The topological polar surface area (TPSA) is 46.2 Å². The van der Waals surface area contributed by atoms with Crippen molar-refractivity contribution in [1.29, 1.82) is 0 Å². The average molecular weight is 203 g/mol. The molecule has 0 radical (unpaired) electrons. The van der Waals surface area contributed by atoms with Crippen LogP contribution in [0, 0.1) is 16.7 Å². The first-order chi connectivity index (χ1) is 7.14. The first-order valence-corrected chi connectivity index (χ1v) is 5.31. The van der Waals surface area contributed by atoms with E-state index in [1.807, 2.05) is 6.08 Å². The number of carbonyl (C=O) groups is 2. The van der Waals surface area contributed by atoms with Crippen LogP contribution in [-0.2, 0) is 9.59 Å². The molecule has 0 aromatic rings. The molecule has 2 aliphatic carbocycles. The summed E-state index contributed by atoms with van der Waals surface area (Å²) in [5, 5.41) is 2.49. The van der Waals surface area contributed by atoms with Gasteiger partial charge in [0.05, 0.1) is 10.8 Å². The largest absolute Gasteiger partial charge is 0.295 e. The van der Waals surface area contributed by atoms with E-state index in [0.717, 1.165) is 12.8 Å². The summed E-state index contributed by atoms with van der Waals surface area (Å²) in [5.41, 5.74) is -1.08. The van der Waals surface area contributed by atoms with Crippen LogP contribution in [0.3, 0.4) is 0 Å². The molecule has 1 aliphatic heterocycles. The number of allylic oxidation sites excluding steroid dienone is 2. The molecule has 1 saturated carbocycles. The van der Waals surface area contributed by atoms with E-state index in [4.69, 9.17) is 0 Å². The number of hydrogen-bond acceptors (Lipinski definition) is 2. The van der Waals surface area contributed by atoms with Crippen molar-refractivity contribution in [2.75, 3.05) is 0 Å². The molecule has 3 rings (SSSR count). The van der Waals surface area contributed by atoms with Crippen LogP contribution in [-0.4, -0.2) is 11.8 Å². The van der Waals surface area contributed by atoms with Gasteiger partial charge >= 0.3 is 0 Å². The quantitative estimate of drug-likeness (QED) is 0.541. The molecule has 0 aromatic heterocycles. The van der Waals surface area contributed by atoms with E-state index in [9.17, 15) is 9.59 Å². The zero-order chi connectivity index (χ0) is 10.7. The van der Waals surface area contributed by atoms with E-state index in [-0.39, 0.29) is 11.8 Å². The van der Waals surface area contributed by atoms with Crippen molar-refractivity contribution < 1.29 is 9.59 Å². The lowest BCUT2D eigenvalue weighted by Crippen LogP contribution is -2.39. The molecule has 2 bridgehead atoms. The van der Waals surface area contributed by atoms with Gasteiger partial charge in [-0.2, -0.15) is 0 Å². The lowest BCUT2D eigenvalue weighted by Gasteiger charge is -2.33. The van der Waals surface area contributed by atoms with Gasteiger partial charge in [0.25, 0.3) is 0 Å². The van der Waals surface area contributed by atoms with Gasteiger partial charge in [-0.1, -0.05) is 18.2 Å². The third kappa shape index (κ3) is 0.748. The Morgan fingerprint density at radius 3 is 2.93 bits per heavy atom. The molecule has 1 heterocycles. The summed E-state index contributed by atoms with van der Waals surface area (Å²) in [6, 6.07) is 0. The number of nitrogens with one attached hydrogen (secondary N) is 1.